The van der Waals surface area contributed by atoms with E-state index < -0.39 is 24.6 Å². The van der Waals surface area contributed by atoms with Crippen LogP contribution in [0.3, 0.4) is 0 Å². The molecule has 0 aromatic rings. The summed E-state index contributed by atoms with van der Waals surface area (Å²) >= 11 is 0. The van der Waals surface area contributed by atoms with Gasteiger partial charge in [-0.25, -0.2) is 9.59 Å². The third kappa shape index (κ3) is 7.57. The highest BCUT2D eigenvalue weighted by Crippen LogP contribution is 1.94. The molecule has 8 heteroatoms. The van der Waals surface area contributed by atoms with Crippen molar-refractivity contribution in [2.45, 2.75) is 26.8 Å². The van der Waals surface area contributed by atoms with Crippen molar-refractivity contribution in [2.75, 3.05) is 32.8 Å². The maximum atomic E-state index is 11.9. The second-order valence-electron chi connectivity index (χ2n) is 4.08. The molecule has 20 heavy (non-hydrogen) atoms. The molecule has 116 valence electrons. The SMILES string of the molecule is CCN(CC)C(=O)C(C)NC(=O)NCCOCC(=O)O. The second kappa shape index (κ2) is 10.0. The molecule has 3 amide bonds. The molecule has 0 spiro atoms. The number of nitrogens with zero attached hydrogens (tertiary/aromatic N) is 1. The van der Waals surface area contributed by atoms with Gasteiger partial charge in [0.05, 0.1) is 6.61 Å². The largest absolute Gasteiger partial charge is 0.480 e. The first-order valence-corrected chi connectivity index (χ1v) is 6.55. The van der Waals surface area contributed by atoms with Gasteiger partial charge in [0.15, 0.2) is 0 Å². The van der Waals surface area contributed by atoms with E-state index in [9.17, 15) is 14.4 Å². The molecular weight excluding hydrogens is 266 g/mol. The molecule has 0 saturated carbocycles. The second-order valence-corrected chi connectivity index (χ2v) is 4.08. The van der Waals surface area contributed by atoms with Crippen molar-refractivity contribution < 1.29 is 24.2 Å². The van der Waals surface area contributed by atoms with Crippen LogP contribution in [0.25, 0.3) is 0 Å². The van der Waals surface area contributed by atoms with E-state index in [4.69, 9.17) is 9.84 Å². The van der Waals surface area contributed by atoms with Gasteiger partial charge in [-0.3, -0.25) is 4.79 Å². The number of aliphatic carboxylic acids is 1. The van der Waals surface area contributed by atoms with Crippen LogP contribution in [0.15, 0.2) is 0 Å². The minimum Gasteiger partial charge on any atom is -0.480 e. The summed E-state index contributed by atoms with van der Waals surface area (Å²) < 4.78 is 4.75. The van der Waals surface area contributed by atoms with Crippen molar-refractivity contribution in [2.24, 2.45) is 0 Å². The highest BCUT2D eigenvalue weighted by Gasteiger charge is 2.19. The molecule has 0 aliphatic rings. The molecule has 0 aliphatic carbocycles. The summed E-state index contributed by atoms with van der Waals surface area (Å²) in [6.45, 7) is 6.39. The molecule has 1 atom stereocenters. The lowest BCUT2D eigenvalue weighted by atomic mass is 10.3. The number of carboxylic acids is 1. The fraction of sp³-hybridized carbons (Fsp3) is 0.750. The van der Waals surface area contributed by atoms with Crippen molar-refractivity contribution >= 4 is 17.9 Å². The van der Waals surface area contributed by atoms with Gasteiger partial charge in [-0.2, -0.15) is 0 Å². The van der Waals surface area contributed by atoms with Gasteiger partial charge in [-0.1, -0.05) is 0 Å². The van der Waals surface area contributed by atoms with E-state index >= 15 is 0 Å². The predicted molar refractivity (Wildman–Crippen MR) is 72.4 cm³/mol. The van der Waals surface area contributed by atoms with E-state index in [-0.39, 0.29) is 19.1 Å². The average molecular weight is 289 g/mol. The Morgan fingerprint density at radius 1 is 1.25 bits per heavy atom. The average Bonchev–Trinajstić information content (AvgIpc) is 2.39. The van der Waals surface area contributed by atoms with E-state index in [0.29, 0.717) is 13.1 Å². The van der Waals surface area contributed by atoms with Crippen molar-refractivity contribution in [3.63, 3.8) is 0 Å². The Kier molecular flexibility index (Phi) is 9.10. The number of hydrogen-bond acceptors (Lipinski definition) is 4. The van der Waals surface area contributed by atoms with E-state index in [1.807, 2.05) is 13.8 Å². The molecule has 0 aromatic heterocycles. The summed E-state index contributed by atoms with van der Waals surface area (Å²) in [5.41, 5.74) is 0. The quantitative estimate of drug-likeness (QED) is 0.503. The van der Waals surface area contributed by atoms with Gasteiger partial charge in [-0.05, 0) is 20.8 Å². The van der Waals surface area contributed by atoms with Crippen molar-refractivity contribution in [1.82, 2.24) is 15.5 Å². The van der Waals surface area contributed by atoms with E-state index in [1.54, 1.807) is 11.8 Å². The molecule has 0 heterocycles. The van der Waals surface area contributed by atoms with Gasteiger partial charge < -0.3 is 25.4 Å². The molecule has 0 aliphatic heterocycles. The van der Waals surface area contributed by atoms with Gasteiger partial charge in [0.25, 0.3) is 0 Å². The van der Waals surface area contributed by atoms with Crippen LogP contribution in [0.5, 0.6) is 0 Å². The van der Waals surface area contributed by atoms with E-state index in [1.165, 1.54) is 0 Å². The van der Waals surface area contributed by atoms with Crippen molar-refractivity contribution in [3.8, 4) is 0 Å². The first-order valence-electron chi connectivity index (χ1n) is 6.55. The van der Waals surface area contributed by atoms with Crippen LogP contribution in [0, 0.1) is 0 Å². The molecular formula is C12H23N3O5. The van der Waals surface area contributed by atoms with Gasteiger partial charge in [0.2, 0.25) is 5.91 Å². The molecule has 3 N–H and O–H groups in total. The van der Waals surface area contributed by atoms with Crippen LogP contribution in [0.2, 0.25) is 0 Å². The summed E-state index contributed by atoms with van der Waals surface area (Å²) in [4.78, 5) is 35.2. The molecule has 0 rings (SSSR count). The number of nitrogens with one attached hydrogen (secondary N) is 2. The zero-order chi connectivity index (χ0) is 15.5. The van der Waals surface area contributed by atoms with Crippen molar-refractivity contribution in [1.29, 1.82) is 0 Å². The summed E-state index contributed by atoms with van der Waals surface area (Å²) in [5, 5.41) is 13.3. The molecule has 8 nitrogen and oxygen atoms in total. The number of carbonyl (C=O) groups excluding carboxylic acids is 2. The van der Waals surface area contributed by atoms with Crippen LogP contribution >= 0.6 is 0 Å². The Bertz CT molecular complexity index is 331. The number of urea groups is 1. The first kappa shape index (κ1) is 18.2. The maximum absolute atomic E-state index is 11.9. The van der Waals surface area contributed by atoms with E-state index in [0.717, 1.165) is 0 Å². The van der Waals surface area contributed by atoms with Gasteiger partial charge in [0.1, 0.15) is 12.6 Å². The highest BCUT2D eigenvalue weighted by molar-refractivity contribution is 5.86. The third-order valence-corrected chi connectivity index (χ3v) is 2.55. The molecule has 1 unspecified atom stereocenters. The monoisotopic (exact) mass is 289 g/mol. The summed E-state index contributed by atoms with van der Waals surface area (Å²) in [5.74, 6) is -1.21. The first-order chi connectivity index (χ1) is 9.42. The Morgan fingerprint density at radius 2 is 1.85 bits per heavy atom. The zero-order valence-corrected chi connectivity index (χ0v) is 12.1. The third-order valence-electron chi connectivity index (χ3n) is 2.55. The number of carbonyl (C=O) groups is 3. The number of likely N-dealkylation sites (N-methyl/N-ethyl adjacent to an activating group) is 1. The van der Waals surface area contributed by atoms with Crippen LogP contribution in [-0.2, 0) is 14.3 Å². The standard InChI is InChI=1S/C12H23N3O5/c1-4-15(5-2)11(18)9(3)14-12(19)13-6-7-20-8-10(16)17/h9H,4-8H2,1-3H3,(H,16,17)(H2,13,14,19). The van der Waals surface area contributed by atoms with Crippen LogP contribution < -0.4 is 10.6 Å². The van der Waals surface area contributed by atoms with Crippen molar-refractivity contribution in [3.05, 3.63) is 0 Å². The van der Waals surface area contributed by atoms with Crippen LogP contribution in [-0.4, -0.2) is 66.8 Å². The van der Waals surface area contributed by atoms with Crippen LogP contribution in [0.4, 0.5) is 4.79 Å². The number of ether oxygens (including phenoxy) is 1. The van der Waals surface area contributed by atoms with Crippen LogP contribution in [0.1, 0.15) is 20.8 Å². The number of amides is 3. The highest BCUT2D eigenvalue weighted by atomic mass is 16.5. The number of carboxylic acid groups (broad SMARTS) is 1. The van der Waals surface area contributed by atoms with Gasteiger partial charge in [0, 0.05) is 19.6 Å². The molecule has 0 radical (unpaired) electrons. The molecule has 0 saturated heterocycles. The summed E-state index contributed by atoms with van der Waals surface area (Å²) in [7, 11) is 0. The lowest BCUT2D eigenvalue weighted by Crippen LogP contribution is -2.50. The number of hydrogen-bond donors (Lipinski definition) is 3. The Morgan fingerprint density at radius 3 is 2.35 bits per heavy atom. The fourth-order valence-corrected chi connectivity index (χ4v) is 1.51. The summed E-state index contributed by atoms with van der Waals surface area (Å²) in [6, 6.07) is -1.10. The summed E-state index contributed by atoms with van der Waals surface area (Å²) in [6.07, 6.45) is 0. The smallest absolute Gasteiger partial charge is 0.329 e. The van der Waals surface area contributed by atoms with E-state index in [2.05, 4.69) is 10.6 Å². The minimum absolute atomic E-state index is 0.0953. The topological polar surface area (TPSA) is 108 Å². The Labute approximate surface area is 118 Å². The van der Waals surface area contributed by atoms with Gasteiger partial charge in [-0.15, -0.1) is 0 Å². The normalized spacial score (nSPS) is 11.6. The predicted octanol–water partition coefficient (Wildman–Crippen LogP) is -0.356. The molecule has 0 aromatic carbocycles. The minimum atomic E-state index is -1.06. The zero-order valence-electron chi connectivity index (χ0n) is 12.1. The Hall–Kier alpha value is -1.83. The molecule has 0 fully saturated rings. The maximum Gasteiger partial charge on any atom is 0.329 e. The lowest BCUT2D eigenvalue weighted by molar-refractivity contribution is -0.142. The fourth-order valence-electron chi connectivity index (χ4n) is 1.51. The lowest BCUT2D eigenvalue weighted by Gasteiger charge is -2.23. The Balaban J connectivity index is 3.90. The molecule has 0 bridgehead atoms. The van der Waals surface area contributed by atoms with Gasteiger partial charge >= 0.3 is 12.0 Å². The number of rotatable bonds is 9.